The van der Waals surface area contributed by atoms with Gasteiger partial charge in [0.15, 0.2) is 0 Å². The topological polar surface area (TPSA) is 102 Å². The molecule has 0 bridgehead atoms. The van der Waals surface area contributed by atoms with Crippen molar-refractivity contribution >= 4 is 27.7 Å². The predicted molar refractivity (Wildman–Crippen MR) is 139 cm³/mol. The molecule has 176 valence electrons. The summed E-state index contributed by atoms with van der Waals surface area (Å²) in [5.74, 6) is -0.0589. The van der Waals surface area contributed by atoms with Crippen molar-refractivity contribution in [1.29, 1.82) is 0 Å². The first-order chi connectivity index (χ1) is 17.1. The molecule has 5 aromatic rings. The number of amides is 1. The molecule has 0 spiro atoms. The van der Waals surface area contributed by atoms with Gasteiger partial charge in [-0.15, -0.1) is 0 Å². The van der Waals surface area contributed by atoms with Crippen molar-refractivity contribution in [2.45, 2.75) is 37.8 Å². The van der Waals surface area contributed by atoms with Crippen LogP contribution in [0.25, 0.3) is 44.2 Å². The van der Waals surface area contributed by atoms with Crippen LogP contribution in [-0.2, 0) is 7.05 Å². The van der Waals surface area contributed by atoms with Gasteiger partial charge in [0.2, 0.25) is 0 Å². The maximum atomic E-state index is 12.8. The molecule has 1 amide bonds. The number of aryl methyl sites for hydroxylation is 1. The summed E-state index contributed by atoms with van der Waals surface area (Å²) in [6.45, 7) is 0. The van der Waals surface area contributed by atoms with Crippen LogP contribution in [0.2, 0.25) is 0 Å². The summed E-state index contributed by atoms with van der Waals surface area (Å²) in [7, 11) is 1.90. The average molecular weight is 465 g/mol. The monoisotopic (exact) mass is 464 g/mol. The molecule has 1 fully saturated rings. The number of hydrogen-bond donors (Lipinski definition) is 3. The number of aromatic nitrogens is 4. The lowest BCUT2D eigenvalue weighted by molar-refractivity contribution is 0.0921. The Bertz CT molecular complexity index is 1530. The highest BCUT2D eigenvalue weighted by Crippen LogP contribution is 2.36. The molecule has 0 aliphatic heterocycles. The second kappa shape index (κ2) is 8.67. The third-order valence-corrected chi connectivity index (χ3v) is 7.10. The van der Waals surface area contributed by atoms with E-state index in [1.165, 1.54) is 0 Å². The van der Waals surface area contributed by atoms with Crippen molar-refractivity contribution in [2.75, 3.05) is 0 Å². The number of nitrogens with zero attached hydrogens (tertiary/aromatic N) is 3. The van der Waals surface area contributed by atoms with Gasteiger partial charge in [-0.3, -0.25) is 14.5 Å². The van der Waals surface area contributed by atoms with Gasteiger partial charge in [-0.2, -0.15) is 5.10 Å². The Kier molecular flexibility index (Phi) is 5.34. The first-order valence-electron chi connectivity index (χ1n) is 12.1. The predicted octanol–water partition coefficient (Wildman–Crippen LogP) is 4.78. The quantitative estimate of drug-likeness (QED) is 0.356. The molecule has 3 aromatic heterocycles. The molecule has 6 rings (SSSR count). The summed E-state index contributed by atoms with van der Waals surface area (Å²) >= 11 is 0. The van der Waals surface area contributed by atoms with Gasteiger partial charge in [-0.05, 0) is 48.2 Å². The molecule has 4 N–H and O–H groups in total. The maximum Gasteiger partial charge on any atom is 0.251 e. The Balaban J connectivity index is 1.35. The zero-order chi connectivity index (χ0) is 23.9. The molecular weight excluding hydrogens is 436 g/mol. The van der Waals surface area contributed by atoms with Crippen LogP contribution in [0.4, 0.5) is 0 Å². The minimum absolute atomic E-state index is 0.0393. The number of rotatable bonds is 4. The Morgan fingerprint density at radius 3 is 2.66 bits per heavy atom. The first kappa shape index (κ1) is 21.6. The van der Waals surface area contributed by atoms with E-state index >= 15 is 0 Å². The normalized spacial score (nSPS) is 18.2. The van der Waals surface area contributed by atoms with Gasteiger partial charge in [-0.1, -0.05) is 37.1 Å². The Morgan fingerprint density at radius 1 is 1.06 bits per heavy atom. The molecule has 2 aromatic carbocycles. The summed E-state index contributed by atoms with van der Waals surface area (Å²) in [6.07, 6.45) is 9.85. The highest BCUT2D eigenvalue weighted by atomic mass is 16.1. The number of benzene rings is 2. The highest BCUT2D eigenvalue weighted by Gasteiger charge is 2.23. The number of hydrogen-bond acceptors (Lipinski definition) is 4. The minimum Gasteiger partial charge on any atom is -0.353 e. The van der Waals surface area contributed by atoms with Crippen LogP contribution in [0.1, 0.15) is 36.0 Å². The van der Waals surface area contributed by atoms with E-state index in [2.05, 4.69) is 38.6 Å². The first-order valence-corrected chi connectivity index (χ1v) is 12.1. The molecule has 35 heavy (non-hydrogen) atoms. The van der Waals surface area contributed by atoms with Crippen molar-refractivity contribution in [2.24, 2.45) is 12.8 Å². The van der Waals surface area contributed by atoms with Gasteiger partial charge < -0.3 is 16.0 Å². The fraction of sp³-hybridized carbons (Fsp3) is 0.250. The maximum absolute atomic E-state index is 12.8. The molecule has 1 aliphatic rings. The molecule has 2 atom stereocenters. The summed E-state index contributed by atoms with van der Waals surface area (Å²) in [4.78, 5) is 21.0. The van der Waals surface area contributed by atoms with E-state index in [4.69, 9.17) is 5.73 Å². The SMILES string of the molecule is Cn1cc(-c2cc3c(cn2)[nH]c2cccc(-c4ccc(C(=O)NC5CCCCC5N)cc4)c23)cn1. The molecule has 7 nitrogen and oxygen atoms in total. The number of pyridine rings is 1. The van der Waals surface area contributed by atoms with Crippen LogP contribution in [0, 0.1) is 0 Å². The number of nitrogens with two attached hydrogens (primary N) is 1. The van der Waals surface area contributed by atoms with Crippen molar-refractivity contribution in [3.05, 3.63) is 72.7 Å². The van der Waals surface area contributed by atoms with Crippen LogP contribution in [0.15, 0.2) is 67.1 Å². The molecular formula is C28H28N6O. The molecule has 1 saturated carbocycles. The van der Waals surface area contributed by atoms with Crippen LogP contribution < -0.4 is 11.1 Å². The minimum atomic E-state index is -0.0589. The lowest BCUT2D eigenvalue weighted by Gasteiger charge is -2.29. The van der Waals surface area contributed by atoms with E-state index in [1.807, 2.05) is 56.0 Å². The summed E-state index contributed by atoms with van der Waals surface area (Å²) in [6, 6.07) is 16.3. The van der Waals surface area contributed by atoms with Gasteiger partial charge in [-0.25, -0.2) is 0 Å². The lowest BCUT2D eigenvalue weighted by atomic mass is 9.91. The van der Waals surface area contributed by atoms with E-state index in [0.717, 1.165) is 69.9 Å². The second-order valence-electron chi connectivity index (χ2n) is 9.48. The zero-order valence-corrected chi connectivity index (χ0v) is 19.7. The average Bonchev–Trinajstić information content (AvgIpc) is 3.48. The van der Waals surface area contributed by atoms with Gasteiger partial charge >= 0.3 is 0 Å². The largest absolute Gasteiger partial charge is 0.353 e. The van der Waals surface area contributed by atoms with Gasteiger partial charge in [0, 0.05) is 52.7 Å². The van der Waals surface area contributed by atoms with Crippen molar-refractivity contribution in [1.82, 2.24) is 25.1 Å². The fourth-order valence-electron chi connectivity index (χ4n) is 5.20. The lowest BCUT2D eigenvalue weighted by Crippen LogP contribution is -2.49. The second-order valence-corrected chi connectivity index (χ2v) is 9.48. The molecule has 3 heterocycles. The van der Waals surface area contributed by atoms with Crippen LogP contribution in [-0.4, -0.2) is 37.7 Å². The van der Waals surface area contributed by atoms with Crippen LogP contribution >= 0.6 is 0 Å². The standard InChI is InChI=1S/C28H28N6O/c1-34-16-19(14-31-34)25-13-21-26(15-30-25)32-24-8-4-5-20(27(21)24)17-9-11-18(12-10-17)28(35)33-23-7-3-2-6-22(23)29/h4-5,8-16,22-23,32H,2-3,6-7,29H2,1H3,(H,33,35). The Hall–Kier alpha value is -3.97. The van der Waals surface area contributed by atoms with E-state index in [9.17, 15) is 4.79 Å². The van der Waals surface area contributed by atoms with E-state index < -0.39 is 0 Å². The van der Waals surface area contributed by atoms with Crippen LogP contribution in [0.5, 0.6) is 0 Å². The highest BCUT2D eigenvalue weighted by molar-refractivity contribution is 6.14. The number of carbonyl (C=O) groups is 1. The third-order valence-electron chi connectivity index (χ3n) is 7.10. The van der Waals surface area contributed by atoms with E-state index in [1.54, 1.807) is 4.68 Å². The Morgan fingerprint density at radius 2 is 1.89 bits per heavy atom. The van der Waals surface area contributed by atoms with Gasteiger partial charge in [0.1, 0.15) is 0 Å². The third kappa shape index (κ3) is 3.98. The number of carbonyl (C=O) groups excluding carboxylic acids is 1. The summed E-state index contributed by atoms with van der Waals surface area (Å²) in [5, 5.41) is 9.66. The molecule has 1 aliphatic carbocycles. The van der Waals surface area contributed by atoms with Crippen molar-refractivity contribution in [3.8, 4) is 22.4 Å². The molecule has 7 heteroatoms. The molecule has 0 radical (unpaired) electrons. The number of nitrogens with one attached hydrogen (secondary N) is 2. The van der Waals surface area contributed by atoms with Gasteiger partial charge in [0.05, 0.1) is 23.6 Å². The smallest absolute Gasteiger partial charge is 0.251 e. The fourth-order valence-corrected chi connectivity index (χ4v) is 5.20. The number of fused-ring (bicyclic) bond motifs is 3. The van der Waals surface area contributed by atoms with E-state index in [-0.39, 0.29) is 18.0 Å². The Labute approximate surface area is 203 Å². The van der Waals surface area contributed by atoms with Crippen molar-refractivity contribution < 1.29 is 4.79 Å². The summed E-state index contributed by atoms with van der Waals surface area (Å²) in [5.41, 5.74) is 12.9. The number of aromatic amines is 1. The molecule has 2 unspecified atom stereocenters. The van der Waals surface area contributed by atoms with Crippen molar-refractivity contribution in [3.63, 3.8) is 0 Å². The van der Waals surface area contributed by atoms with Crippen LogP contribution in [0.3, 0.4) is 0 Å². The zero-order valence-electron chi connectivity index (χ0n) is 19.7. The molecule has 0 saturated heterocycles. The van der Waals surface area contributed by atoms with E-state index in [0.29, 0.717) is 5.56 Å². The van der Waals surface area contributed by atoms with Gasteiger partial charge in [0.25, 0.3) is 5.91 Å². The number of H-pyrrole nitrogens is 1. The summed E-state index contributed by atoms with van der Waals surface area (Å²) < 4.78 is 1.78.